The van der Waals surface area contributed by atoms with Gasteiger partial charge in [0.05, 0.1) is 6.10 Å². The van der Waals surface area contributed by atoms with Crippen LogP contribution in [0.3, 0.4) is 0 Å². The average molecular weight is 251 g/mol. The fourth-order valence-corrected chi connectivity index (χ4v) is 2.51. The van der Waals surface area contributed by atoms with Crippen molar-refractivity contribution in [2.24, 2.45) is 11.8 Å². The Bertz CT molecular complexity index is 405. The van der Waals surface area contributed by atoms with Crippen LogP contribution in [0.1, 0.15) is 25.3 Å². The van der Waals surface area contributed by atoms with Gasteiger partial charge in [0.15, 0.2) is 0 Å². The molecule has 1 aromatic rings. The Balaban J connectivity index is 2.11. The highest BCUT2D eigenvalue weighted by Gasteiger charge is 2.28. The zero-order chi connectivity index (χ0) is 13.1. The molecule has 18 heavy (non-hydrogen) atoms. The van der Waals surface area contributed by atoms with E-state index in [1.165, 1.54) is 6.33 Å². The number of aromatic nitrogens is 2. The van der Waals surface area contributed by atoms with Gasteiger partial charge in [-0.05, 0) is 25.2 Å². The average Bonchev–Trinajstić information content (AvgIpc) is 2.35. The van der Waals surface area contributed by atoms with Gasteiger partial charge < -0.3 is 15.4 Å². The molecule has 1 aliphatic rings. The molecule has 0 saturated heterocycles. The summed E-state index contributed by atoms with van der Waals surface area (Å²) in [4.78, 5) is 10.6. The fraction of sp³-hybridized carbons (Fsp3) is 0.667. The Hall–Kier alpha value is -1.40. The van der Waals surface area contributed by atoms with Crippen LogP contribution in [-0.2, 0) is 6.42 Å². The minimum absolute atomic E-state index is 0.110. The van der Waals surface area contributed by atoms with Crippen molar-refractivity contribution in [1.82, 2.24) is 9.97 Å². The summed E-state index contributed by atoms with van der Waals surface area (Å²) in [6.07, 6.45) is 4.02. The van der Waals surface area contributed by atoms with E-state index in [4.69, 9.17) is 5.84 Å². The van der Waals surface area contributed by atoms with Gasteiger partial charge in [-0.3, -0.25) is 0 Å². The maximum Gasteiger partial charge on any atom is 0.148 e. The van der Waals surface area contributed by atoms with Crippen molar-refractivity contribution >= 4 is 11.6 Å². The first-order valence-corrected chi connectivity index (χ1v) is 6.35. The third-order valence-electron chi connectivity index (χ3n) is 3.52. The number of rotatable bonds is 5. The molecule has 100 valence electrons. The summed E-state index contributed by atoms with van der Waals surface area (Å²) in [7, 11) is 2.02. The van der Waals surface area contributed by atoms with Crippen LogP contribution >= 0.6 is 0 Å². The molecule has 4 N–H and O–H groups in total. The molecule has 0 radical (unpaired) electrons. The lowest BCUT2D eigenvalue weighted by Crippen LogP contribution is -2.37. The molecule has 0 bridgehead atoms. The summed E-state index contributed by atoms with van der Waals surface area (Å²) in [6, 6.07) is 0. The first-order valence-electron chi connectivity index (χ1n) is 6.35. The molecule has 0 aromatic carbocycles. The van der Waals surface area contributed by atoms with Crippen LogP contribution in [0.4, 0.5) is 11.6 Å². The molecule has 6 nitrogen and oxygen atoms in total. The van der Waals surface area contributed by atoms with Gasteiger partial charge in [0.25, 0.3) is 0 Å². The second-order valence-corrected chi connectivity index (χ2v) is 4.89. The largest absolute Gasteiger partial charge is 0.393 e. The van der Waals surface area contributed by atoms with Crippen molar-refractivity contribution in [3.8, 4) is 0 Å². The number of hydrogen-bond acceptors (Lipinski definition) is 6. The maximum absolute atomic E-state index is 9.31. The van der Waals surface area contributed by atoms with Gasteiger partial charge in [0, 0.05) is 19.2 Å². The molecule has 1 aromatic heterocycles. The van der Waals surface area contributed by atoms with E-state index in [2.05, 4.69) is 27.2 Å². The number of nitrogens with zero attached hydrogens (tertiary/aromatic N) is 3. The normalized spacial score (nSPS) is 22.4. The molecule has 0 aliphatic heterocycles. The topological polar surface area (TPSA) is 87.3 Å². The Morgan fingerprint density at radius 1 is 1.50 bits per heavy atom. The van der Waals surface area contributed by atoms with Gasteiger partial charge in [-0.2, -0.15) is 0 Å². The zero-order valence-corrected chi connectivity index (χ0v) is 10.9. The predicted octanol–water partition coefficient (Wildman–Crippen LogP) is 0.532. The molecule has 6 heteroatoms. The number of nitrogen functional groups attached to an aromatic ring is 1. The number of nitrogens with one attached hydrogen (secondary N) is 1. The minimum Gasteiger partial charge on any atom is -0.393 e. The van der Waals surface area contributed by atoms with Crippen molar-refractivity contribution in [2.75, 3.05) is 23.9 Å². The highest BCUT2D eigenvalue weighted by atomic mass is 16.3. The molecule has 0 unspecified atom stereocenters. The van der Waals surface area contributed by atoms with Crippen LogP contribution in [0.15, 0.2) is 6.33 Å². The van der Waals surface area contributed by atoms with Crippen molar-refractivity contribution in [1.29, 1.82) is 0 Å². The van der Waals surface area contributed by atoms with Gasteiger partial charge in [0.1, 0.15) is 18.0 Å². The molecule has 1 saturated carbocycles. The van der Waals surface area contributed by atoms with Gasteiger partial charge in [-0.15, -0.1) is 0 Å². The quantitative estimate of drug-likeness (QED) is 0.523. The highest BCUT2D eigenvalue weighted by molar-refractivity contribution is 5.57. The smallest absolute Gasteiger partial charge is 0.148 e. The maximum atomic E-state index is 9.31. The summed E-state index contributed by atoms with van der Waals surface area (Å²) >= 11 is 0. The first kappa shape index (κ1) is 13.0. The van der Waals surface area contributed by atoms with Crippen molar-refractivity contribution in [3.63, 3.8) is 0 Å². The number of hydrogen-bond donors (Lipinski definition) is 3. The lowest BCUT2D eigenvalue weighted by Gasteiger charge is -2.35. The van der Waals surface area contributed by atoms with E-state index in [9.17, 15) is 5.11 Å². The molecule has 0 atom stereocenters. The number of hydrazine groups is 1. The first-order chi connectivity index (χ1) is 8.65. The molecular weight excluding hydrogens is 230 g/mol. The summed E-state index contributed by atoms with van der Waals surface area (Å²) in [5.74, 6) is 7.62. The van der Waals surface area contributed by atoms with Gasteiger partial charge in [-0.1, -0.05) is 6.92 Å². The third kappa shape index (κ3) is 2.54. The molecule has 1 fully saturated rings. The number of aliphatic hydroxyl groups excluding tert-OH is 1. The molecule has 0 spiro atoms. The molecule has 0 amide bonds. The van der Waals surface area contributed by atoms with Crippen LogP contribution in [-0.4, -0.2) is 34.8 Å². The van der Waals surface area contributed by atoms with Crippen LogP contribution in [0.5, 0.6) is 0 Å². The summed E-state index contributed by atoms with van der Waals surface area (Å²) in [5.41, 5.74) is 3.64. The number of aliphatic hydroxyl groups is 1. The van der Waals surface area contributed by atoms with E-state index in [1.54, 1.807) is 0 Å². The van der Waals surface area contributed by atoms with E-state index in [-0.39, 0.29) is 6.10 Å². The number of nitrogens with two attached hydrogens (primary N) is 1. The lowest BCUT2D eigenvalue weighted by atomic mass is 9.82. The summed E-state index contributed by atoms with van der Waals surface area (Å²) in [5, 5.41) is 9.31. The van der Waals surface area contributed by atoms with E-state index < -0.39 is 0 Å². The van der Waals surface area contributed by atoms with Crippen molar-refractivity contribution in [3.05, 3.63) is 11.9 Å². The van der Waals surface area contributed by atoms with Gasteiger partial charge >= 0.3 is 0 Å². The Labute approximate surface area is 107 Å². The Kier molecular flexibility index (Phi) is 3.98. The van der Waals surface area contributed by atoms with Crippen LogP contribution < -0.4 is 16.2 Å². The van der Waals surface area contributed by atoms with Gasteiger partial charge in [-0.25, -0.2) is 15.8 Å². The van der Waals surface area contributed by atoms with E-state index in [0.29, 0.717) is 11.7 Å². The second-order valence-electron chi connectivity index (χ2n) is 4.89. The predicted molar refractivity (Wildman–Crippen MR) is 71.2 cm³/mol. The van der Waals surface area contributed by atoms with Crippen molar-refractivity contribution in [2.45, 2.75) is 32.3 Å². The van der Waals surface area contributed by atoms with Crippen molar-refractivity contribution < 1.29 is 5.11 Å². The minimum atomic E-state index is -0.110. The second kappa shape index (κ2) is 5.49. The zero-order valence-electron chi connectivity index (χ0n) is 10.9. The molecule has 1 aliphatic carbocycles. The van der Waals surface area contributed by atoms with E-state index in [1.807, 2.05) is 7.05 Å². The van der Waals surface area contributed by atoms with Crippen LogP contribution in [0, 0.1) is 5.92 Å². The fourth-order valence-electron chi connectivity index (χ4n) is 2.51. The Morgan fingerprint density at radius 3 is 2.78 bits per heavy atom. The van der Waals surface area contributed by atoms with E-state index >= 15 is 0 Å². The standard InChI is InChI=1S/C12H21N5O/c1-3-10-11(16-13)14-7-15-12(10)17(2)6-8-4-9(18)5-8/h7-9,18H,3-6,13H2,1-2H3,(H,14,15,16). The molecule has 2 rings (SSSR count). The van der Waals surface area contributed by atoms with Crippen LogP contribution in [0.2, 0.25) is 0 Å². The third-order valence-corrected chi connectivity index (χ3v) is 3.52. The summed E-state index contributed by atoms with van der Waals surface area (Å²) < 4.78 is 0. The SMILES string of the molecule is CCc1c(NN)ncnc1N(C)CC1CC(O)C1. The lowest BCUT2D eigenvalue weighted by molar-refractivity contribution is 0.0464. The van der Waals surface area contributed by atoms with E-state index in [0.717, 1.165) is 37.2 Å². The van der Waals surface area contributed by atoms with Gasteiger partial charge in [0.2, 0.25) is 0 Å². The van der Waals surface area contributed by atoms with Crippen LogP contribution in [0.25, 0.3) is 0 Å². The monoisotopic (exact) mass is 251 g/mol. The Morgan fingerprint density at radius 2 is 2.22 bits per heavy atom. The molecular formula is C12H21N5O. The molecule has 1 heterocycles. The summed E-state index contributed by atoms with van der Waals surface area (Å²) in [6.45, 7) is 2.97. The highest BCUT2D eigenvalue weighted by Crippen LogP contribution is 2.30. The number of anilines is 2.